The van der Waals surface area contributed by atoms with E-state index in [1.54, 1.807) is 6.07 Å². The molecule has 0 spiro atoms. The molecule has 1 aromatic carbocycles. The maximum Gasteiger partial charge on any atom is 0.340 e. The minimum absolute atomic E-state index is 0.0452. The number of nitrogen functional groups attached to an aromatic ring is 1. The fourth-order valence-corrected chi connectivity index (χ4v) is 1.87. The maximum absolute atomic E-state index is 11.9. The summed E-state index contributed by atoms with van der Waals surface area (Å²) >= 11 is 0. The molecule has 2 rings (SSSR count). The van der Waals surface area contributed by atoms with Crippen molar-refractivity contribution in [1.29, 1.82) is 0 Å². The Morgan fingerprint density at radius 3 is 2.82 bits per heavy atom. The van der Waals surface area contributed by atoms with Crippen molar-refractivity contribution in [2.45, 2.75) is 25.9 Å². The number of ether oxygens (including phenoxy) is 2. The standard InChI is InChI=1S/C13H17NO3/c1-9-3-2-4-11(12(9)14)13(15)17-10-5-7-16-8-6-10/h2-4,10H,5-8,14H2,1H3. The van der Waals surface area contributed by atoms with Crippen LogP contribution in [0.5, 0.6) is 0 Å². The second-order valence-electron chi connectivity index (χ2n) is 4.25. The van der Waals surface area contributed by atoms with E-state index in [4.69, 9.17) is 15.2 Å². The largest absolute Gasteiger partial charge is 0.459 e. The van der Waals surface area contributed by atoms with Crippen LogP contribution in [0.2, 0.25) is 0 Å². The lowest BCUT2D eigenvalue weighted by Crippen LogP contribution is -2.26. The molecule has 17 heavy (non-hydrogen) atoms. The minimum Gasteiger partial charge on any atom is -0.459 e. The Kier molecular flexibility index (Phi) is 3.64. The minimum atomic E-state index is -0.335. The van der Waals surface area contributed by atoms with Crippen molar-refractivity contribution in [2.24, 2.45) is 0 Å². The second-order valence-corrected chi connectivity index (χ2v) is 4.25. The van der Waals surface area contributed by atoms with Gasteiger partial charge in [-0.2, -0.15) is 0 Å². The zero-order chi connectivity index (χ0) is 12.3. The Labute approximate surface area is 101 Å². The number of nitrogens with two attached hydrogens (primary N) is 1. The van der Waals surface area contributed by atoms with Gasteiger partial charge in [0.2, 0.25) is 0 Å². The van der Waals surface area contributed by atoms with E-state index < -0.39 is 0 Å². The smallest absolute Gasteiger partial charge is 0.340 e. The van der Waals surface area contributed by atoms with Crippen molar-refractivity contribution in [1.82, 2.24) is 0 Å². The third-order valence-corrected chi connectivity index (χ3v) is 2.99. The highest BCUT2D eigenvalue weighted by molar-refractivity contribution is 5.95. The first-order valence-electron chi connectivity index (χ1n) is 5.82. The van der Waals surface area contributed by atoms with Gasteiger partial charge in [0.25, 0.3) is 0 Å². The van der Waals surface area contributed by atoms with Crippen LogP contribution in [0.25, 0.3) is 0 Å². The second kappa shape index (κ2) is 5.19. The molecule has 0 amide bonds. The van der Waals surface area contributed by atoms with E-state index in [0.717, 1.165) is 18.4 Å². The fraction of sp³-hybridized carbons (Fsp3) is 0.462. The van der Waals surface area contributed by atoms with Crippen molar-refractivity contribution < 1.29 is 14.3 Å². The Hall–Kier alpha value is -1.55. The molecule has 4 nitrogen and oxygen atoms in total. The third-order valence-electron chi connectivity index (χ3n) is 2.99. The molecule has 4 heteroatoms. The lowest BCUT2D eigenvalue weighted by atomic mass is 10.1. The number of benzene rings is 1. The zero-order valence-corrected chi connectivity index (χ0v) is 9.94. The highest BCUT2D eigenvalue weighted by Gasteiger charge is 2.20. The molecule has 1 heterocycles. The van der Waals surface area contributed by atoms with Crippen LogP contribution in [0.15, 0.2) is 18.2 Å². The summed E-state index contributed by atoms with van der Waals surface area (Å²) in [6.45, 7) is 3.18. The molecule has 92 valence electrons. The van der Waals surface area contributed by atoms with Gasteiger partial charge < -0.3 is 15.2 Å². The summed E-state index contributed by atoms with van der Waals surface area (Å²) in [4.78, 5) is 11.9. The molecule has 1 fully saturated rings. The molecule has 0 aromatic heterocycles. The highest BCUT2D eigenvalue weighted by atomic mass is 16.6. The number of carbonyl (C=O) groups is 1. The summed E-state index contributed by atoms with van der Waals surface area (Å²) in [5, 5.41) is 0. The van der Waals surface area contributed by atoms with Gasteiger partial charge in [-0.1, -0.05) is 12.1 Å². The first-order chi connectivity index (χ1) is 8.18. The van der Waals surface area contributed by atoms with Gasteiger partial charge in [-0.15, -0.1) is 0 Å². The number of hydrogen-bond donors (Lipinski definition) is 1. The average molecular weight is 235 g/mol. The van der Waals surface area contributed by atoms with Crippen LogP contribution in [0.1, 0.15) is 28.8 Å². The van der Waals surface area contributed by atoms with Crippen molar-refractivity contribution in [3.8, 4) is 0 Å². The third kappa shape index (κ3) is 2.77. The molecule has 1 aliphatic rings. The number of esters is 1. The molecule has 0 radical (unpaired) electrons. The summed E-state index contributed by atoms with van der Waals surface area (Å²) in [5.41, 5.74) is 7.72. The molecule has 1 aromatic rings. The molecule has 2 N–H and O–H groups in total. The molecule has 1 saturated heterocycles. The van der Waals surface area contributed by atoms with E-state index in [9.17, 15) is 4.79 Å². The molecular formula is C13H17NO3. The predicted octanol–water partition coefficient (Wildman–Crippen LogP) is 1.91. The van der Waals surface area contributed by atoms with Crippen LogP contribution >= 0.6 is 0 Å². The van der Waals surface area contributed by atoms with Crippen LogP contribution < -0.4 is 5.73 Å². The van der Waals surface area contributed by atoms with Gasteiger partial charge in [0, 0.05) is 18.5 Å². The van der Waals surface area contributed by atoms with E-state index in [0.29, 0.717) is 24.5 Å². The SMILES string of the molecule is Cc1cccc(C(=O)OC2CCOCC2)c1N. The lowest BCUT2D eigenvalue weighted by molar-refractivity contribution is -0.0158. The van der Waals surface area contributed by atoms with E-state index in [2.05, 4.69) is 0 Å². The molecule has 1 aliphatic heterocycles. The Balaban J connectivity index is 2.06. The number of rotatable bonds is 2. The molecule has 0 atom stereocenters. The van der Waals surface area contributed by atoms with Gasteiger partial charge in [-0.3, -0.25) is 0 Å². The van der Waals surface area contributed by atoms with Crippen molar-refractivity contribution in [3.63, 3.8) is 0 Å². The van der Waals surface area contributed by atoms with Crippen molar-refractivity contribution in [3.05, 3.63) is 29.3 Å². The number of carbonyl (C=O) groups excluding carboxylic acids is 1. The quantitative estimate of drug-likeness (QED) is 0.628. The summed E-state index contributed by atoms with van der Waals surface area (Å²) < 4.78 is 10.6. The van der Waals surface area contributed by atoms with Crippen molar-refractivity contribution >= 4 is 11.7 Å². The average Bonchev–Trinajstić information content (AvgIpc) is 2.34. The number of para-hydroxylation sites is 1. The fourth-order valence-electron chi connectivity index (χ4n) is 1.87. The van der Waals surface area contributed by atoms with E-state index in [-0.39, 0.29) is 12.1 Å². The Bertz CT molecular complexity index is 411. The zero-order valence-electron chi connectivity index (χ0n) is 9.94. The molecule has 0 bridgehead atoms. The normalized spacial score (nSPS) is 16.8. The number of aryl methyl sites for hydroxylation is 1. The summed E-state index contributed by atoms with van der Waals surface area (Å²) in [7, 11) is 0. The first kappa shape index (κ1) is 11.9. The van der Waals surface area contributed by atoms with Crippen LogP contribution in [-0.4, -0.2) is 25.3 Å². The van der Waals surface area contributed by atoms with Crippen LogP contribution in [0.4, 0.5) is 5.69 Å². The number of anilines is 1. The Morgan fingerprint density at radius 2 is 2.12 bits per heavy atom. The highest BCUT2D eigenvalue weighted by Crippen LogP contribution is 2.20. The van der Waals surface area contributed by atoms with Crippen LogP contribution in [-0.2, 0) is 9.47 Å². The van der Waals surface area contributed by atoms with Crippen LogP contribution in [0.3, 0.4) is 0 Å². The molecule has 0 saturated carbocycles. The van der Waals surface area contributed by atoms with E-state index in [1.165, 1.54) is 0 Å². The Morgan fingerprint density at radius 1 is 1.41 bits per heavy atom. The van der Waals surface area contributed by atoms with Gasteiger partial charge in [-0.05, 0) is 18.6 Å². The summed E-state index contributed by atoms with van der Waals surface area (Å²) in [6.07, 6.45) is 1.48. The number of hydrogen-bond acceptors (Lipinski definition) is 4. The summed E-state index contributed by atoms with van der Waals surface area (Å²) in [6, 6.07) is 5.39. The summed E-state index contributed by atoms with van der Waals surface area (Å²) in [5.74, 6) is -0.335. The van der Waals surface area contributed by atoms with Crippen LogP contribution in [0, 0.1) is 6.92 Å². The van der Waals surface area contributed by atoms with E-state index >= 15 is 0 Å². The molecule has 0 unspecified atom stereocenters. The van der Waals surface area contributed by atoms with E-state index in [1.807, 2.05) is 19.1 Å². The maximum atomic E-state index is 11.9. The predicted molar refractivity (Wildman–Crippen MR) is 64.8 cm³/mol. The molecule has 0 aliphatic carbocycles. The topological polar surface area (TPSA) is 61.5 Å². The van der Waals surface area contributed by atoms with Crippen molar-refractivity contribution in [2.75, 3.05) is 18.9 Å². The van der Waals surface area contributed by atoms with Gasteiger partial charge in [-0.25, -0.2) is 4.79 Å². The van der Waals surface area contributed by atoms with Gasteiger partial charge in [0.1, 0.15) is 6.10 Å². The van der Waals surface area contributed by atoms with Gasteiger partial charge in [0.15, 0.2) is 0 Å². The molecular weight excluding hydrogens is 218 g/mol. The monoisotopic (exact) mass is 235 g/mol. The first-order valence-corrected chi connectivity index (χ1v) is 5.82. The van der Waals surface area contributed by atoms with Gasteiger partial charge in [0.05, 0.1) is 18.8 Å². The lowest BCUT2D eigenvalue weighted by Gasteiger charge is -2.22. The van der Waals surface area contributed by atoms with Gasteiger partial charge >= 0.3 is 5.97 Å².